The maximum absolute atomic E-state index is 13.1. The van der Waals surface area contributed by atoms with Crippen LogP contribution in [-0.4, -0.2) is 22.1 Å². The van der Waals surface area contributed by atoms with Crippen molar-refractivity contribution in [3.8, 4) is 11.6 Å². The largest absolute Gasteiger partial charge is 0.493 e. The summed E-state index contributed by atoms with van der Waals surface area (Å²) in [6.07, 6.45) is 1.12. The molecule has 0 aliphatic carbocycles. The first-order valence-electron chi connectivity index (χ1n) is 8.64. The van der Waals surface area contributed by atoms with Crippen molar-refractivity contribution >= 4 is 20.8 Å². The van der Waals surface area contributed by atoms with Gasteiger partial charge < -0.3 is 5.11 Å². The molecule has 0 fully saturated rings. The number of aryl methyl sites for hydroxylation is 2. The van der Waals surface area contributed by atoms with Gasteiger partial charge in [0.05, 0.1) is 16.8 Å². The average Bonchev–Trinajstić information content (AvgIpc) is 2.98. The lowest BCUT2D eigenvalue weighted by molar-refractivity contribution is 0.443. The summed E-state index contributed by atoms with van der Waals surface area (Å²) in [7, 11) is -4.26. The summed E-state index contributed by atoms with van der Waals surface area (Å²) in [6.45, 7) is 3.83. The van der Waals surface area contributed by atoms with Crippen LogP contribution in [0.4, 0.5) is 0 Å². The molecule has 4 aromatic rings. The highest BCUT2D eigenvalue weighted by Crippen LogP contribution is 2.24. The van der Waals surface area contributed by atoms with Gasteiger partial charge in [-0.3, -0.25) is 4.57 Å². The number of fused-ring (bicyclic) bond motifs is 1. The number of imidazole rings is 1. The summed E-state index contributed by atoms with van der Waals surface area (Å²) in [6, 6.07) is 17.2. The first kappa shape index (κ1) is 18.1. The Morgan fingerprint density at radius 2 is 1.57 bits per heavy atom. The molecule has 0 aliphatic rings. The lowest BCUT2D eigenvalue weighted by Gasteiger charge is -2.07. The number of rotatable bonds is 3. The van der Waals surface area contributed by atoms with Crippen molar-refractivity contribution in [1.82, 2.24) is 8.54 Å². The molecule has 28 heavy (non-hydrogen) atoms. The van der Waals surface area contributed by atoms with Crippen molar-refractivity contribution < 1.29 is 13.5 Å². The van der Waals surface area contributed by atoms with Crippen LogP contribution in [0.3, 0.4) is 0 Å². The van der Waals surface area contributed by atoms with Crippen molar-refractivity contribution in [2.24, 2.45) is 0 Å². The highest BCUT2D eigenvalue weighted by atomic mass is 32.2. The van der Waals surface area contributed by atoms with Gasteiger partial charge in [0.2, 0.25) is 5.88 Å². The van der Waals surface area contributed by atoms with Gasteiger partial charge in [0.15, 0.2) is 0 Å². The van der Waals surface area contributed by atoms with Crippen LogP contribution in [-0.2, 0) is 10.0 Å². The molecule has 6 nitrogen and oxygen atoms in total. The van der Waals surface area contributed by atoms with Gasteiger partial charge in [-0.25, -0.2) is 13.2 Å². The summed E-state index contributed by atoms with van der Waals surface area (Å²) in [4.78, 5) is 12.8. The van der Waals surface area contributed by atoms with E-state index in [-0.39, 0.29) is 4.90 Å². The molecule has 1 heterocycles. The van der Waals surface area contributed by atoms with Crippen LogP contribution < -0.4 is 5.69 Å². The first-order chi connectivity index (χ1) is 13.3. The van der Waals surface area contributed by atoms with Gasteiger partial charge in [-0.2, -0.15) is 0 Å². The van der Waals surface area contributed by atoms with Gasteiger partial charge in [0.1, 0.15) is 0 Å². The molecule has 0 unspecified atom stereocenters. The monoisotopic (exact) mass is 394 g/mol. The van der Waals surface area contributed by atoms with E-state index in [2.05, 4.69) is 0 Å². The average molecular weight is 394 g/mol. The van der Waals surface area contributed by atoms with E-state index in [1.807, 2.05) is 32.0 Å². The highest BCUT2D eigenvalue weighted by Gasteiger charge is 2.26. The molecule has 0 saturated heterocycles. The Bertz CT molecular complexity index is 1380. The van der Waals surface area contributed by atoms with Crippen molar-refractivity contribution in [1.29, 1.82) is 0 Å². The number of hydrogen-bond donors (Lipinski definition) is 1. The molecule has 0 spiro atoms. The molecule has 0 bridgehead atoms. The minimum atomic E-state index is -4.26. The number of aromatic nitrogens is 2. The molecule has 0 aliphatic heterocycles. The molecular formula is C21H18N2O4S. The van der Waals surface area contributed by atoms with E-state index < -0.39 is 21.6 Å². The number of benzene rings is 3. The molecule has 4 rings (SSSR count). The number of aromatic hydroxyl groups is 1. The molecule has 1 aromatic heterocycles. The van der Waals surface area contributed by atoms with E-state index in [1.165, 1.54) is 12.1 Å². The van der Waals surface area contributed by atoms with Crippen molar-refractivity contribution in [3.05, 3.63) is 88.5 Å². The second-order valence-electron chi connectivity index (χ2n) is 6.69. The summed E-state index contributed by atoms with van der Waals surface area (Å²) < 4.78 is 27.7. The van der Waals surface area contributed by atoms with Crippen molar-refractivity contribution in [2.45, 2.75) is 18.7 Å². The third-order valence-corrected chi connectivity index (χ3v) is 6.53. The Balaban J connectivity index is 1.89. The Morgan fingerprint density at radius 3 is 2.29 bits per heavy atom. The fourth-order valence-electron chi connectivity index (χ4n) is 3.14. The summed E-state index contributed by atoms with van der Waals surface area (Å²) in [5.41, 5.74) is 1.63. The minimum Gasteiger partial charge on any atom is -0.493 e. The number of hydrogen-bond acceptors (Lipinski definition) is 4. The van der Waals surface area contributed by atoms with Crippen LogP contribution in [0.25, 0.3) is 16.5 Å². The minimum absolute atomic E-state index is 0.0681. The second-order valence-corrected chi connectivity index (χ2v) is 8.47. The summed E-state index contributed by atoms with van der Waals surface area (Å²) in [5, 5.41) is 11.9. The molecule has 1 N–H and O–H groups in total. The second kappa shape index (κ2) is 6.38. The SMILES string of the molecule is Cc1ccc(-n2cc(O)n(S(=O)(=O)c3ccc4ccccc4c3)c2=O)cc1C. The Labute approximate surface area is 162 Å². The van der Waals surface area contributed by atoms with E-state index in [0.29, 0.717) is 9.66 Å². The molecule has 3 aromatic carbocycles. The first-order valence-corrected chi connectivity index (χ1v) is 10.1. The van der Waals surface area contributed by atoms with E-state index in [4.69, 9.17) is 0 Å². The van der Waals surface area contributed by atoms with Crippen LogP contribution in [0, 0.1) is 13.8 Å². The lowest BCUT2D eigenvalue weighted by Crippen LogP contribution is -2.28. The zero-order valence-electron chi connectivity index (χ0n) is 15.3. The van der Waals surface area contributed by atoms with Gasteiger partial charge in [0, 0.05) is 0 Å². The molecule has 7 heteroatoms. The van der Waals surface area contributed by atoms with Gasteiger partial charge in [-0.15, -0.1) is 3.97 Å². The molecule has 0 atom stereocenters. The molecular weight excluding hydrogens is 376 g/mol. The van der Waals surface area contributed by atoms with Crippen LogP contribution in [0.15, 0.2) is 76.6 Å². The fraction of sp³-hybridized carbons (Fsp3) is 0.0952. The van der Waals surface area contributed by atoms with E-state index in [1.54, 1.807) is 30.3 Å². The summed E-state index contributed by atoms with van der Waals surface area (Å²) in [5.74, 6) is -0.642. The van der Waals surface area contributed by atoms with Crippen LogP contribution in [0.5, 0.6) is 5.88 Å². The molecule has 142 valence electrons. The van der Waals surface area contributed by atoms with Crippen LogP contribution in [0.2, 0.25) is 0 Å². The third kappa shape index (κ3) is 2.80. The van der Waals surface area contributed by atoms with E-state index in [9.17, 15) is 18.3 Å². The van der Waals surface area contributed by atoms with Gasteiger partial charge >= 0.3 is 5.69 Å². The lowest BCUT2D eigenvalue weighted by atomic mass is 10.1. The Hall–Kier alpha value is -3.32. The topological polar surface area (TPSA) is 81.3 Å². The van der Waals surface area contributed by atoms with Gasteiger partial charge in [-0.1, -0.05) is 36.4 Å². The maximum Gasteiger partial charge on any atom is 0.350 e. The standard InChI is InChI=1S/C21H18N2O4S/c1-14-7-9-18(11-15(14)2)22-13-20(24)23(21(22)25)28(26,27)19-10-8-16-5-3-4-6-17(16)12-19/h3-13,24H,1-2H3. The summed E-state index contributed by atoms with van der Waals surface area (Å²) >= 11 is 0. The van der Waals surface area contributed by atoms with E-state index in [0.717, 1.165) is 32.7 Å². The number of nitrogens with zero attached hydrogens (tertiary/aromatic N) is 2. The fourth-order valence-corrected chi connectivity index (χ4v) is 4.45. The van der Waals surface area contributed by atoms with Gasteiger partial charge in [-0.05, 0) is 60.0 Å². The molecule has 0 amide bonds. The highest BCUT2D eigenvalue weighted by molar-refractivity contribution is 7.90. The van der Waals surface area contributed by atoms with E-state index >= 15 is 0 Å². The smallest absolute Gasteiger partial charge is 0.350 e. The molecule has 0 saturated carbocycles. The predicted molar refractivity (Wildman–Crippen MR) is 108 cm³/mol. The quantitative estimate of drug-likeness (QED) is 0.578. The third-order valence-electron chi connectivity index (χ3n) is 4.86. The Morgan fingerprint density at radius 1 is 0.857 bits per heavy atom. The van der Waals surface area contributed by atoms with Crippen LogP contribution in [0.1, 0.15) is 11.1 Å². The van der Waals surface area contributed by atoms with Crippen molar-refractivity contribution in [3.63, 3.8) is 0 Å². The van der Waals surface area contributed by atoms with Crippen LogP contribution >= 0.6 is 0 Å². The molecule has 0 radical (unpaired) electrons. The van der Waals surface area contributed by atoms with Gasteiger partial charge in [0.25, 0.3) is 10.0 Å². The zero-order valence-corrected chi connectivity index (χ0v) is 16.1. The maximum atomic E-state index is 13.1. The normalized spacial score (nSPS) is 11.8. The zero-order chi connectivity index (χ0) is 20.1. The van der Waals surface area contributed by atoms with Crippen molar-refractivity contribution in [2.75, 3.05) is 0 Å². The Kier molecular flexibility index (Phi) is 4.12. The predicted octanol–water partition coefficient (Wildman–Crippen LogP) is 3.35.